The minimum Gasteiger partial charge on any atom is -0.379 e. The van der Waals surface area contributed by atoms with Crippen LogP contribution in [0.1, 0.15) is 21.9 Å². The predicted molar refractivity (Wildman–Crippen MR) is 98.3 cm³/mol. The summed E-state index contributed by atoms with van der Waals surface area (Å²) >= 11 is 1.36. The van der Waals surface area contributed by atoms with E-state index in [2.05, 4.69) is 20.1 Å². The lowest BCUT2D eigenvalue weighted by molar-refractivity contribution is 0.0669. The van der Waals surface area contributed by atoms with E-state index in [-0.39, 0.29) is 17.9 Å². The van der Waals surface area contributed by atoms with Crippen LogP contribution in [0, 0.1) is 12.8 Å². The number of carbonyl (C=O) groups is 1. The van der Waals surface area contributed by atoms with Crippen LogP contribution in [-0.2, 0) is 11.2 Å². The molecule has 27 heavy (non-hydrogen) atoms. The fraction of sp³-hybridized carbons (Fsp3) is 0.389. The van der Waals surface area contributed by atoms with E-state index in [1.807, 2.05) is 13.0 Å². The largest absolute Gasteiger partial charge is 0.379 e. The summed E-state index contributed by atoms with van der Waals surface area (Å²) in [7, 11) is 1.67. The van der Waals surface area contributed by atoms with Crippen LogP contribution in [0.15, 0.2) is 34.4 Å². The molecule has 9 heteroatoms. The van der Waals surface area contributed by atoms with Gasteiger partial charge in [-0.25, -0.2) is 15.0 Å². The van der Waals surface area contributed by atoms with Crippen LogP contribution in [0.4, 0.5) is 0 Å². The summed E-state index contributed by atoms with van der Waals surface area (Å²) in [6.45, 7) is 3.01. The third-order valence-electron chi connectivity index (χ3n) is 4.59. The minimum atomic E-state index is -0.105. The zero-order chi connectivity index (χ0) is 18.8. The van der Waals surface area contributed by atoms with Gasteiger partial charge in [-0.05, 0) is 13.0 Å². The number of amides is 1. The van der Waals surface area contributed by atoms with E-state index in [0.29, 0.717) is 36.0 Å². The number of ether oxygens (including phenoxy) is 1. The second-order valence-electron chi connectivity index (χ2n) is 6.49. The molecule has 1 aliphatic heterocycles. The van der Waals surface area contributed by atoms with Crippen molar-refractivity contribution in [3.8, 4) is 10.8 Å². The highest BCUT2D eigenvalue weighted by Crippen LogP contribution is 2.27. The molecule has 140 valence electrons. The molecule has 0 aliphatic carbocycles. The van der Waals surface area contributed by atoms with Crippen LogP contribution >= 0.6 is 11.3 Å². The maximum atomic E-state index is 12.9. The molecule has 0 unspecified atom stereocenters. The highest BCUT2D eigenvalue weighted by Gasteiger charge is 2.37. The molecule has 1 amide bonds. The normalized spacial score (nSPS) is 19.6. The molecule has 3 aromatic rings. The van der Waals surface area contributed by atoms with Crippen molar-refractivity contribution in [2.75, 3.05) is 20.2 Å². The van der Waals surface area contributed by atoms with Crippen LogP contribution in [0.3, 0.4) is 0 Å². The number of methoxy groups -OCH3 is 1. The van der Waals surface area contributed by atoms with Crippen molar-refractivity contribution >= 4 is 17.2 Å². The predicted octanol–water partition coefficient (Wildman–Crippen LogP) is 2.23. The Hall–Kier alpha value is -2.65. The van der Waals surface area contributed by atoms with Gasteiger partial charge in [-0.3, -0.25) is 4.79 Å². The van der Waals surface area contributed by atoms with Crippen molar-refractivity contribution in [2.45, 2.75) is 19.4 Å². The Morgan fingerprint density at radius 1 is 1.37 bits per heavy atom. The Morgan fingerprint density at radius 2 is 2.19 bits per heavy atom. The van der Waals surface area contributed by atoms with Gasteiger partial charge in [0.1, 0.15) is 11.5 Å². The first kappa shape index (κ1) is 17.7. The molecule has 1 fully saturated rings. The van der Waals surface area contributed by atoms with Gasteiger partial charge in [-0.1, -0.05) is 5.16 Å². The van der Waals surface area contributed by atoms with Crippen molar-refractivity contribution in [2.24, 2.45) is 5.92 Å². The van der Waals surface area contributed by atoms with Crippen molar-refractivity contribution in [3.05, 3.63) is 47.1 Å². The quantitative estimate of drug-likeness (QED) is 0.665. The summed E-state index contributed by atoms with van der Waals surface area (Å²) in [6.07, 6.45) is 3.95. The highest BCUT2D eigenvalue weighted by atomic mass is 32.1. The van der Waals surface area contributed by atoms with E-state index in [1.165, 1.54) is 11.3 Å². The number of carbonyl (C=O) groups excluding carboxylic acids is 1. The van der Waals surface area contributed by atoms with Gasteiger partial charge >= 0.3 is 0 Å². The van der Waals surface area contributed by atoms with Gasteiger partial charge in [0.2, 0.25) is 0 Å². The molecule has 0 saturated carbocycles. The molecule has 4 rings (SSSR count). The van der Waals surface area contributed by atoms with E-state index >= 15 is 0 Å². The van der Waals surface area contributed by atoms with Gasteiger partial charge in [-0.2, -0.15) is 0 Å². The minimum absolute atomic E-state index is 0.0464. The zero-order valence-corrected chi connectivity index (χ0v) is 15.8. The van der Waals surface area contributed by atoms with Crippen LogP contribution in [0.25, 0.3) is 10.8 Å². The van der Waals surface area contributed by atoms with E-state index in [9.17, 15) is 4.79 Å². The van der Waals surface area contributed by atoms with Gasteiger partial charge < -0.3 is 14.2 Å². The van der Waals surface area contributed by atoms with Gasteiger partial charge in [0.25, 0.3) is 5.91 Å². The highest BCUT2D eigenvalue weighted by molar-refractivity contribution is 7.13. The summed E-state index contributed by atoms with van der Waals surface area (Å²) in [5.74, 6) is 1.39. The standard InChI is InChI=1S/C18H19N5O3S/c1-11-6-13(26-22-11)7-12-8-23(9-15(12)25-2)18(24)14-10-27-17(21-14)16-19-4-3-5-20-16/h3-6,10,12,15H,7-9H2,1-2H3/t12-,15+/m1/s1. The molecule has 1 aliphatic rings. The molecule has 4 heterocycles. The maximum absolute atomic E-state index is 12.9. The van der Waals surface area contributed by atoms with E-state index < -0.39 is 0 Å². The Labute approximate surface area is 160 Å². The molecule has 3 aromatic heterocycles. The number of rotatable bonds is 5. The lowest BCUT2D eigenvalue weighted by atomic mass is 10.0. The topological polar surface area (TPSA) is 94.2 Å². The molecule has 1 saturated heterocycles. The fourth-order valence-corrected chi connectivity index (χ4v) is 4.03. The molecule has 0 spiro atoms. The summed E-state index contributed by atoms with van der Waals surface area (Å²) in [6, 6.07) is 3.66. The van der Waals surface area contributed by atoms with E-state index in [0.717, 1.165) is 11.5 Å². The van der Waals surface area contributed by atoms with E-state index in [4.69, 9.17) is 9.26 Å². The van der Waals surface area contributed by atoms with Crippen molar-refractivity contribution in [1.29, 1.82) is 0 Å². The molecule has 8 nitrogen and oxygen atoms in total. The molecule has 0 bridgehead atoms. The SMILES string of the molecule is CO[C@H]1CN(C(=O)c2csc(-c3ncccn3)n2)C[C@H]1Cc1cc(C)no1. The number of thiazole rings is 1. The van der Waals surface area contributed by atoms with E-state index in [1.54, 1.807) is 35.8 Å². The second-order valence-corrected chi connectivity index (χ2v) is 7.35. The lowest BCUT2D eigenvalue weighted by Crippen LogP contribution is -2.30. The Bertz CT molecular complexity index is 926. The maximum Gasteiger partial charge on any atom is 0.273 e. The number of aromatic nitrogens is 4. The van der Waals surface area contributed by atoms with Crippen molar-refractivity contribution in [3.63, 3.8) is 0 Å². The Morgan fingerprint density at radius 3 is 2.89 bits per heavy atom. The van der Waals surface area contributed by atoms with Crippen LogP contribution in [0.5, 0.6) is 0 Å². The number of likely N-dealkylation sites (tertiary alicyclic amines) is 1. The lowest BCUT2D eigenvalue weighted by Gasteiger charge is -2.14. The number of nitrogens with zero attached hydrogens (tertiary/aromatic N) is 5. The number of hydrogen-bond acceptors (Lipinski definition) is 8. The van der Waals surface area contributed by atoms with Gasteiger partial charge in [0.05, 0.1) is 11.8 Å². The zero-order valence-electron chi connectivity index (χ0n) is 15.0. The first-order valence-electron chi connectivity index (χ1n) is 8.61. The number of aryl methyl sites for hydroxylation is 1. The molecule has 0 radical (unpaired) electrons. The summed E-state index contributed by atoms with van der Waals surface area (Å²) in [4.78, 5) is 27.5. The smallest absolute Gasteiger partial charge is 0.273 e. The van der Waals surface area contributed by atoms with Crippen molar-refractivity contribution in [1.82, 2.24) is 25.0 Å². The first-order chi connectivity index (χ1) is 13.1. The molecule has 0 N–H and O–H groups in total. The van der Waals surface area contributed by atoms with Crippen LogP contribution < -0.4 is 0 Å². The Kier molecular flexibility index (Phi) is 4.95. The van der Waals surface area contributed by atoms with Gasteiger partial charge in [0.15, 0.2) is 10.8 Å². The van der Waals surface area contributed by atoms with Gasteiger partial charge in [0, 0.05) is 56.4 Å². The third-order valence-corrected chi connectivity index (χ3v) is 5.43. The second kappa shape index (κ2) is 7.53. The summed E-state index contributed by atoms with van der Waals surface area (Å²) in [5, 5.41) is 6.31. The molecule has 0 aromatic carbocycles. The molecular weight excluding hydrogens is 366 g/mol. The molecular formula is C18H19N5O3S. The monoisotopic (exact) mass is 385 g/mol. The molecule has 2 atom stereocenters. The first-order valence-corrected chi connectivity index (χ1v) is 9.49. The average molecular weight is 385 g/mol. The average Bonchev–Trinajstić information content (AvgIpc) is 3.42. The number of hydrogen-bond donors (Lipinski definition) is 0. The fourth-order valence-electron chi connectivity index (χ4n) is 3.29. The van der Waals surface area contributed by atoms with Crippen LogP contribution in [0.2, 0.25) is 0 Å². The summed E-state index contributed by atoms with van der Waals surface area (Å²) in [5.41, 5.74) is 1.26. The van der Waals surface area contributed by atoms with Gasteiger partial charge in [-0.15, -0.1) is 11.3 Å². The Balaban J connectivity index is 1.47. The van der Waals surface area contributed by atoms with Crippen molar-refractivity contribution < 1.29 is 14.1 Å². The third kappa shape index (κ3) is 3.74. The summed E-state index contributed by atoms with van der Waals surface area (Å²) < 4.78 is 10.9. The van der Waals surface area contributed by atoms with Crippen LogP contribution in [-0.4, -0.2) is 57.2 Å².